The van der Waals surface area contributed by atoms with E-state index in [1.807, 2.05) is 12.2 Å². The van der Waals surface area contributed by atoms with Gasteiger partial charge in [0.2, 0.25) is 0 Å². The molecule has 1 N–H and O–H groups in total. The summed E-state index contributed by atoms with van der Waals surface area (Å²) >= 11 is 0. The van der Waals surface area contributed by atoms with E-state index in [4.69, 9.17) is 11.5 Å². The molecule has 0 saturated carbocycles. The van der Waals surface area contributed by atoms with Crippen molar-refractivity contribution in [2.75, 3.05) is 0 Å². The molecule has 1 nitrogen and oxygen atoms in total. The standard InChI is InChI=1S/C16H24O/c1-3-5-6-7-8-9-10-11-12-13-14-15-16(17)4-2/h2,11-15,17H,3,5-10H2,1H3. The first kappa shape index (κ1) is 15.6. The minimum atomic E-state index is -0.0365. The number of hydrogen-bond acceptors (Lipinski definition) is 1. The first-order valence-corrected chi connectivity index (χ1v) is 6.50. The average molecular weight is 232 g/mol. The molecular formula is C16H24O. The predicted molar refractivity (Wildman–Crippen MR) is 75.8 cm³/mol. The third-order valence-electron chi connectivity index (χ3n) is 2.48. The Labute approximate surface area is 106 Å². The van der Waals surface area contributed by atoms with Gasteiger partial charge >= 0.3 is 0 Å². The van der Waals surface area contributed by atoms with Crippen LogP contribution in [0.2, 0.25) is 0 Å². The highest BCUT2D eigenvalue weighted by Gasteiger charge is 1.87. The topological polar surface area (TPSA) is 20.2 Å². The summed E-state index contributed by atoms with van der Waals surface area (Å²) in [4.78, 5) is 0. The van der Waals surface area contributed by atoms with Gasteiger partial charge in [0, 0.05) is 0 Å². The van der Waals surface area contributed by atoms with Gasteiger partial charge in [-0.2, -0.15) is 0 Å². The van der Waals surface area contributed by atoms with E-state index in [-0.39, 0.29) is 5.76 Å². The van der Waals surface area contributed by atoms with Crippen molar-refractivity contribution in [2.45, 2.75) is 51.9 Å². The molecule has 0 fully saturated rings. The molecule has 0 bridgehead atoms. The molecule has 0 aliphatic heterocycles. The molecule has 0 aliphatic rings. The molecule has 0 aliphatic carbocycles. The Balaban J connectivity index is 3.40. The number of hydrogen-bond donors (Lipinski definition) is 1. The molecule has 0 atom stereocenters. The Bertz CT molecular complexity index is 289. The van der Waals surface area contributed by atoms with Crippen molar-refractivity contribution >= 4 is 0 Å². The molecule has 0 aromatic heterocycles. The van der Waals surface area contributed by atoms with Gasteiger partial charge in [0.15, 0.2) is 5.76 Å². The molecule has 0 saturated heterocycles. The minimum absolute atomic E-state index is 0.0365. The molecule has 0 spiro atoms. The van der Waals surface area contributed by atoms with Crippen molar-refractivity contribution in [1.82, 2.24) is 0 Å². The van der Waals surface area contributed by atoms with Crippen molar-refractivity contribution in [1.29, 1.82) is 0 Å². The number of terminal acetylenes is 1. The normalized spacial score (nSPS) is 12.4. The molecule has 94 valence electrons. The Hall–Kier alpha value is -1.42. The summed E-state index contributed by atoms with van der Waals surface area (Å²) in [7, 11) is 0. The van der Waals surface area contributed by atoms with Crippen LogP contribution >= 0.6 is 0 Å². The average Bonchev–Trinajstić information content (AvgIpc) is 2.35. The van der Waals surface area contributed by atoms with Gasteiger partial charge in [0.1, 0.15) is 0 Å². The second kappa shape index (κ2) is 12.6. The Morgan fingerprint density at radius 2 is 1.76 bits per heavy atom. The number of allylic oxidation sites excluding steroid dienone is 6. The van der Waals surface area contributed by atoms with Crippen LogP contribution in [0.25, 0.3) is 0 Å². The lowest BCUT2D eigenvalue weighted by Crippen LogP contribution is -1.77. The van der Waals surface area contributed by atoms with Gasteiger partial charge in [-0.25, -0.2) is 0 Å². The van der Waals surface area contributed by atoms with Gasteiger partial charge in [-0.1, -0.05) is 63.3 Å². The quantitative estimate of drug-likeness (QED) is 0.259. The first-order chi connectivity index (χ1) is 8.31. The molecular weight excluding hydrogens is 208 g/mol. The largest absolute Gasteiger partial charge is 0.501 e. The van der Waals surface area contributed by atoms with Gasteiger partial charge in [-0.3, -0.25) is 0 Å². The lowest BCUT2D eigenvalue weighted by molar-refractivity contribution is 0.439. The summed E-state index contributed by atoms with van der Waals surface area (Å²) in [6.45, 7) is 2.24. The molecule has 0 unspecified atom stereocenters. The highest BCUT2D eigenvalue weighted by atomic mass is 16.3. The zero-order valence-corrected chi connectivity index (χ0v) is 10.9. The van der Waals surface area contributed by atoms with Crippen LogP contribution in [0, 0.1) is 12.3 Å². The SMILES string of the molecule is C#CC(O)=CC=CC=CCCCCCCCC. The Morgan fingerprint density at radius 1 is 1.06 bits per heavy atom. The first-order valence-electron chi connectivity index (χ1n) is 6.50. The van der Waals surface area contributed by atoms with Crippen LogP contribution in [-0.4, -0.2) is 5.11 Å². The minimum Gasteiger partial charge on any atom is -0.501 e. The van der Waals surface area contributed by atoms with Crippen molar-refractivity contribution < 1.29 is 5.11 Å². The molecule has 1 heteroatoms. The van der Waals surface area contributed by atoms with Gasteiger partial charge in [0.25, 0.3) is 0 Å². The molecule has 0 amide bonds. The maximum absolute atomic E-state index is 8.95. The summed E-state index contributed by atoms with van der Waals surface area (Å²) in [6.07, 6.45) is 23.4. The lowest BCUT2D eigenvalue weighted by Gasteiger charge is -1.97. The second-order valence-corrected chi connectivity index (χ2v) is 4.07. The van der Waals surface area contributed by atoms with E-state index in [1.54, 1.807) is 6.08 Å². The van der Waals surface area contributed by atoms with Gasteiger partial charge < -0.3 is 5.11 Å². The molecule has 0 heterocycles. The van der Waals surface area contributed by atoms with Crippen molar-refractivity contribution in [3.63, 3.8) is 0 Å². The highest BCUT2D eigenvalue weighted by Crippen LogP contribution is 2.07. The summed E-state index contributed by atoms with van der Waals surface area (Å²) in [5.41, 5.74) is 0. The summed E-state index contributed by atoms with van der Waals surface area (Å²) < 4.78 is 0. The monoisotopic (exact) mass is 232 g/mol. The van der Waals surface area contributed by atoms with E-state index in [0.717, 1.165) is 6.42 Å². The van der Waals surface area contributed by atoms with Crippen molar-refractivity contribution in [3.05, 3.63) is 36.1 Å². The summed E-state index contributed by atoms with van der Waals surface area (Å²) in [5, 5.41) is 8.95. The van der Waals surface area contributed by atoms with E-state index in [9.17, 15) is 0 Å². The fraction of sp³-hybridized carbons (Fsp3) is 0.500. The number of aliphatic hydroxyl groups is 1. The van der Waals surface area contributed by atoms with E-state index >= 15 is 0 Å². The van der Waals surface area contributed by atoms with Crippen molar-refractivity contribution in [3.8, 4) is 12.3 Å². The van der Waals surface area contributed by atoms with Gasteiger partial charge in [-0.15, -0.1) is 6.42 Å². The molecule has 17 heavy (non-hydrogen) atoms. The van der Waals surface area contributed by atoms with Gasteiger partial charge in [-0.05, 0) is 24.8 Å². The summed E-state index contributed by atoms with van der Waals surface area (Å²) in [5.74, 6) is 2.11. The van der Waals surface area contributed by atoms with Crippen molar-refractivity contribution in [2.24, 2.45) is 0 Å². The molecule has 0 aromatic rings. The smallest absolute Gasteiger partial charge is 0.166 e. The maximum atomic E-state index is 8.95. The number of aliphatic hydroxyl groups excluding tert-OH is 1. The van der Waals surface area contributed by atoms with E-state index in [1.165, 1.54) is 44.6 Å². The molecule has 0 rings (SSSR count). The third kappa shape index (κ3) is 12.5. The van der Waals surface area contributed by atoms with Crippen LogP contribution in [0.4, 0.5) is 0 Å². The maximum Gasteiger partial charge on any atom is 0.166 e. The van der Waals surface area contributed by atoms with Crippen LogP contribution in [0.15, 0.2) is 36.1 Å². The van der Waals surface area contributed by atoms with E-state index in [0.29, 0.717) is 0 Å². The zero-order chi connectivity index (χ0) is 12.8. The van der Waals surface area contributed by atoms with Gasteiger partial charge in [0.05, 0.1) is 0 Å². The zero-order valence-electron chi connectivity index (χ0n) is 10.9. The van der Waals surface area contributed by atoms with Crippen LogP contribution in [0.3, 0.4) is 0 Å². The summed E-state index contributed by atoms with van der Waals surface area (Å²) in [6, 6.07) is 0. The number of unbranched alkanes of at least 4 members (excludes halogenated alkanes) is 6. The highest BCUT2D eigenvalue weighted by molar-refractivity contribution is 5.23. The predicted octanol–water partition coefficient (Wildman–Crippen LogP) is 4.92. The Kier molecular flexibility index (Phi) is 11.6. The van der Waals surface area contributed by atoms with Crippen LogP contribution < -0.4 is 0 Å². The number of rotatable bonds is 9. The fourth-order valence-electron chi connectivity index (χ4n) is 1.48. The van der Waals surface area contributed by atoms with Crippen LogP contribution in [0.1, 0.15) is 51.9 Å². The third-order valence-corrected chi connectivity index (χ3v) is 2.48. The second-order valence-electron chi connectivity index (χ2n) is 4.07. The molecule has 0 radical (unpaired) electrons. The van der Waals surface area contributed by atoms with E-state index < -0.39 is 0 Å². The Morgan fingerprint density at radius 3 is 2.47 bits per heavy atom. The fourth-order valence-corrected chi connectivity index (χ4v) is 1.48. The van der Waals surface area contributed by atoms with E-state index in [2.05, 4.69) is 18.9 Å². The van der Waals surface area contributed by atoms with Crippen LogP contribution in [0.5, 0.6) is 0 Å². The molecule has 0 aromatic carbocycles. The lowest BCUT2D eigenvalue weighted by atomic mass is 10.1. The van der Waals surface area contributed by atoms with Crippen LogP contribution in [-0.2, 0) is 0 Å².